The highest BCUT2D eigenvalue weighted by molar-refractivity contribution is 7.13. The van der Waals surface area contributed by atoms with Crippen molar-refractivity contribution in [3.05, 3.63) is 65.7 Å². The van der Waals surface area contributed by atoms with Crippen LogP contribution < -0.4 is 25.0 Å². The van der Waals surface area contributed by atoms with Gasteiger partial charge in [0.05, 0.1) is 0 Å². The van der Waals surface area contributed by atoms with Crippen molar-refractivity contribution in [2.75, 3.05) is 30.0 Å². The lowest BCUT2D eigenvalue weighted by Gasteiger charge is -2.25. The van der Waals surface area contributed by atoms with Crippen LogP contribution in [-0.4, -0.2) is 42.5 Å². The van der Waals surface area contributed by atoms with E-state index in [0.29, 0.717) is 42.1 Å². The molecule has 34 heavy (non-hydrogen) atoms. The second-order valence-corrected chi connectivity index (χ2v) is 8.35. The van der Waals surface area contributed by atoms with E-state index in [0.717, 1.165) is 5.56 Å². The molecule has 10 heteroatoms. The Morgan fingerprint density at radius 1 is 0.971 bits per heavy atom. The van der Waals surface area contributed by atoms with Gasteiger partial charge in [-0.05, 0) is 17.7 Å². The Bertz CT molecular complexity index is 1140. The van der Waals surface area contributed by atoms with Crippen LogP contribution in [0.5, 0.6) is 11.5 Å². The van der Waals surface area contributed by atoms with Gasteiger partial charge in [-0.2, -0.15) is 0 Å². The summed E-state index contributed by atoms with van der Waals surface area (Å²) in [5.41, 5.74) is 1.44. The van der Waals surface area contributed by atoms with Crippen molar-refractivity contribution in [1.82, 2.24) is 10.3 Å². The molecular formula is C24H24N4O5S. The molecule has 0 radical (unpaired) electrons. The fourth-order valence-electron chi connectivity index (χ4n) is 3.34. The first-order valence-corrected chi connectivity index (χ1v) is 11.7. The van der Waals surface area contributed by atoms with Gasteiger partial charge in [0.2, 0.25) is 17.7 Å². The molecule has 2 aromatic carbocycles. The number of hydrogen-bond donors (Lipinski definition) is 2. The largest absolute Gasteiger partial charge is 0.486 e. The molecule has 0 spiro atoms. The number of benzene rings is 2. The zero-order valence-electron chi connectivity index (χ0n) is 18.4. The van der Waals surface area contributed by atoms with E-state index in [9.17, 15) is 14.4 Å². The molecule has 0 atom stereocenters. The van der Waals surface area contributed by atoms with Crippen LogP contribution in [0.2, 0.25) is 0 Å². The zero-order chi connectivity index (χ0) is 23.8. The molecule has 3 amide bonds. The van der Waals surface area contributed by atoms with E-state index in [1.807, 2.05) is 30.3 Å². The number of carbonyl (C=O) groups is 3. The predicted octanol–water partition coefficient (Wildman–Crippen LogP) is 2.98. The molecule has 0 unspecified atom stereocenters. The molecule has 3 aromatic rings. The van der Waals surface area contributed by atoms with Crippen LogP contribution in [0.4, 0.5) is 10.8 Å². The van der Waals surface area contributed by atoms with Crippen molar-refractivity contribution in [3.63, 3.8) is 0 Å². The number of rotatable bonds is 9. The van der Waals surface area contributed by atoms with Crippen molar-refractivity contribution in [3.8, 4) is 11.5 Å². The highest BCUT2D eigenvalue weighted by atomic mass is 32.1. The quantitative estimate of drug-likeness (QED) is 0.487. The molecule has 0 saturated heterocycles. The van der Waals surface area contributed by atoms with E-state index < -0.39 is 0 Å². The van der Waals surface area contributed by atoms with Crippen molar-refractivity contribution < 1.29 is 23.9 Å². The summed E-state index contributed by atoms with van der Waals surface area (Å²) >= 11 is 1.30. The third-order valence-corrected chi connectivity index (χ3v) is 5.71. The Labute approximate surface area is 200 Å². The number of amides is 3. The predicted molar refractivity (Wildman–Crippen MR) is 128 cm³/mol. The maximum Gasteiger partial charge on any atom is 0.240 e. The Morgan fingerprint density at radius 2 is 1.76 bits per heavy atom. The first-order valence-electron chi connectivity index (χ1n) is 10.8. The molecule has 0 bridgehead atoms. The van der Waals surface area contributed by atoms with Gasteiger partial charge in [0.25, 0.3) is 0 Å². The third kappa shape index (κ3) is 6.32. The molecule has 2 heterocycles. The van der Waals surface area contributed by atoms with E-state index in [1.165, 1.54) is 16.2 Å². The average molecular weight is 481 g/mol. The first-order chi connectivity index (χ1) is 16.6. The van der Waals surface area contributed by atoms with Gasteiger partial charge in [-0.25, -0.2) is 4.98 Å². The van der Waals surface area contributed by atoms with Crippen LogP contribution in [0.1, 0.15) is 18.4 Å². The standard InChI is InChI=1S/C24H24N4O5S/c29-21(27-24-25-10-13-34-24)8-9-23(31)28(16-22(30)26-15-17-4-2-1-3-5-17)18-6-7-19-20(14-18)33-12-11-32-19/h1-7,10,13-14H,8-9,11-12,15-16H2,(H,26,30)(H,25,27,29). The van der Waals surface area contributed by atoms with E-state index in [1.54, 1.807) is 29.8 Å². The van der Waals surface area contributed by atoms with Gasteiger partial charge in [0.15, 0.2) is 16.6 Å². The fraction of sp³-hybridized carbons (Fsp3) is 0.250. The molecule has 9 nitrogen and oxygen atoms in total. The topological polar surface area (TPSA) is 110 Å². The van der Waals surface area contributed by atoms with E-state index in [4.69, 9.17) is 9.47 Å². The molecule has 0 saturated carbocycles. The summed E-state index contributed by atoms with van der Waals surface area (Å²) in [6.07, 6.45) is 1.48. The van der Waals surface area contributed by atoms with Crippen LogP contribution in [0.3, 0.4) is 0 Å². The second kappa shape index (κ2) is 11.3. The summed E-state index contributed by atoms with van der Waals surface area (Å²) < 4.78 is 11.2. The lowest BCUT2D eigenvalue weighted by Crippen LogP contribution is -2.41. The molecule has 4 rings (SSSR count). The molecule has 176 valence electrons. The number of hydrogen-bond acceptors (Lipinski definition) is 7. The van der Waals surface area contributed by atoms with Gasteiger partial charge in [-0.15, -0.1) is 11.3 Å². The minimum atomic E-state index is -0.360. The van der Waals surface area contributed by atoms with Gasteiger partial charge >= 0.3 is 0 Å². The number of thiazole rings is 1. The van der Waals surface area contributed by atoms with Crippen LogP contribution in [0.25, 0.3) is 0 Å². The lowest BCUT2D eigenvalue weighted by atomic mass is 10.2. The fourth-order valence-corrected chi connectivity index (χ4v) is 3.89. The average Bonchev–Trinajstić information content (AvgIpc) is 3.38. The van der Waals surface area contributed by atoms with E-state index >= 15 is 0 Å². The molecule has 1 aliphatic rings. The van der Waals surface area contributed by atoms with E-state index in [2.05, 4.69) is 15.6 Å². The summed E-state index contributed by atoms with van der Waals surface area (Å²) in [6, 6.07) is 14.6. The molecule has 0 aliphatic carbocycles. The zero-order valence-corrected chi connectivity index (χ0v) is 19.2. The number of ether oxygens (including phenoxy) is 2. The number of fused-ring (bicyclic) bond motifs is 1. The van der Waals surface area contributed by atoms with Gasteiger partial charge in [-0.3, -0.25) is 14.4 Å². The Hall–Kier alpha value is -3.92. The van der Waals surface area contributed by atoms with Crippen LogP contribution in [0.15, 0.2) is 60.1 Å². The van der Waals surface area contributed by atoms with Crippen LogP contribution >= 0.6 is 11.3 Å². The monoisotopic (exact) mass is 480 g/mol. The third-order valence-electron chi connectivity index (χ3n) is 5.02. The van der Waals surface area contributed by atoms with Crippen molar-refractivity contribution in [1.29, 1.82) is 0 Å². The lowest BCUT2D eigenvalue weighted by molar-refractivity contribution is -0.125. The van der Waals surface area contributed by atoms with E-state index in [-0.39, 0.29) is 37.1 Å². The highest BCUT2D eigenvalue weighted by Crippen LogP contribution is 2.34. The summed E-state index contributed by atoms with van der Waals surface area (Å²) in [4.78, 5) is 43.4. The molecular weight excluding hydrogens is 456 g/mol. The summed E-state index contributed by atoms with van der Waals surface area (Å²) in [7, 11) is 0. The summed E-state index contributed by atoms with van der Waals surface area (Å²) in [5.74, 6) is 0.0885. The number of nitrogens with one attached hydrogen (secondary N) is 2. The second-order valence-electron chi connectivity index (χ2n) is 7.46. The maximum atomic E-state index is 13.1. The van der Waals surface area contributed by atoms with Gasteiger partial charge in [0.1, 0.15) is 19.8 Å². The van der Waals surface area contributed by atoms with Crippen molar-refractivity contribution in [2.24, 2.45) is 0 Å². The number of anilines is 2. The van der Waals surface area contributed by atoms with Crippen molar-refractivity contribution >= 4 is 39.9 Å². The summed E-state index contributed by atoms with van der Waals surface area (Å²) in [6.45, 7) is 1.00. The number of carbonyl (C=O) groups excluding carboxylic acids is 3. The molecule has 2 N–H and O–H groups in total. The smallest absolute Gasteiger partial charge is 0.240 e. The SMILES string of the molecule is O=C(CN(C(=O)CCC(=O)Nc1nccs1)c1ccc2c(c1)OCCO2)NCc1ccccc1. The Kier molecular flexibility index (Phi) is 7.71. The van der Waals surface area contributed by atoms with Gasteiger partial charge in [-0.1, -0.05) is 30.3 Å². The first kappa shape index (κ1) is 23.2. The molecule has 1 aliphatic heterocycles. The number of aromatic nitrogens is 1. The minimum absolute atomic E-state index is 0.0366. The Morgan fingerprint density at radius 3 is 2.53 bits per heavy atom. The molecule has 0 fully saturated rings. The summed E-state index contributed by atoms with van der Waals surface area (Å²) in [5, 5.41) is 7.72. The minimum Gasteiger partial charge on any atom is -0.486 e. The van der Waals surface area contributed by atoms with Crippen molar-refractivity contribution in [2.45, 2.75) is 19.4 Å². The maximum absolute atomic E-state index is 13.1. The number of nitrogens with zero attached hydrogens (tertiary/aromatic N) is 2. The van der Waals surface area contributed by atoms with Crippen LogP contribution in [-0.2, 0) is 20.9 Å². The normalized spacial score (nSPS) is 12.0. The highest BCUT2D eigenvalue weighted by Gasteiger charge is 2.22. The van der Waals surface area contributed by atoms with Gasteiger partial charge in [0, 0.05) is 42.7 Å². The van der Waals surface area contributed by atoms with Crippen LogP contribution in [0, 0.1) is 0 Å². The molecule has 1 aromatic heterocycles. The Balaban J connectivity index is 1.43. The van der Waals surface area contributed by atoms with Gasteiger partial charge < -0.3 is 25.0 Å².